The molecule has 0 saturated carbocycles. The maximum atomic E-state index is 13.4. The number of amides is 1. The first-order valence-corrected chi connectivity index (χ1v) is 11.6. The maximum Gasteiger partial charge on any atom is 0.340 e. The molecule has 8 heteroatoms. The second-order valence-corrected chi connectivity index (χ2v) is 9.16. The molecule has 2 aliphatic rings. The van der Waals surface area contributed by atoms with Gasteiger partial charge < -0.3 is 18.9 Å². The Morgan fingerprint density at radius 3 is 2.67 bits per heavy atom. The number of aromatic nitrogens is 1. The zero-order valence-corrected chi connectivity index (χ0v) is 20.6. The summed E-state index contributed by atoms with van der Waals surface area (Å²) in [6, 6.07) is 7.25. The van der Waals surface area contributed by atoms with Crippen molar-refractivity contribution in [2.24, 2.45) is 0 Å². The van der Waals surface area contributed by atoms with Crippen molar-refractivity contribution in [3.63, 3.8) is 0 Å². The van der Waals surface area contributed by atoms with Crippen molar-refractivity contribution >= 4 is 41.2 Å². The van der Waals surface area contributed by atoms with E-state index in [1.165, 1.54) is 7.11 Å². The molecule has 0 aliphatic carbocycles. The van der Waals surface area contributed by atoms with Crippen LogP contribution in [0.1, 0.15) is 36.7 Å². The Morgan fingerprint density at radius 2 is 2.00 bits per heavy atom. The van der Waals surface area contributed by atoms with Gasteiger partial charge in [0.15, 0.2) is 0 Å². The van der Waals surface area contributed by atoms with Crippen LogP contribution in [0.3, 0.4) is 0 Å². The van der Waals surface area contributed by atoms with E-state index >= 15 is 0 Å². The summed E-state index contributed by atoms with van der Waals surface area (Å²) in [4.78, 5) is 27.7. The van der Waals surface area contributed by atoms with Gasteiger partial charge in [0.2, 0.25) is 0 Å². The van der Waals surface area contributed by atoms with Crippen molar-refractivity contribution in [3.8, 4) is 5.69 Å². The molecule has 6 nitrogen and oxygen atoms in total. The van der Waals surface area contributed by atoms with Crippen molar-refractivity contribution in [2.75, 3.05) is 20.3 Å². The third kappa shape index (κ3) is 4.35. The second kappa shape index (κ2) is 9.37. The molecule has 0 spiro atoms. The van der Waals surface area contributed by atoms with E-state index in [0.717, 1.165) is 35.5 Å². The Labute approximate surface area is 203 Å². The normalized spacial score (nSPS) is 19.8. The Morgan fingerprint density at radius 1 is 1.24 bits per heavy atom. The molecule has 4 rings (SSSR count). The van der Waals surface area contributed by atoms with Gasteiger partial charge in [-0.3, -0.25) is 4.79 Å². The van der Waals surface area contributed by atoms with Crippen LogP contribution in [-0.4, -0.2) is 47.7 Å². The summed E-state index contributed by atoms with van der Waals surface area (Å²) in [6.45, 7) is 6.78. The molecule has 0 bridgehead atoms. The lowest BCUT2D eigenvalue weighted by Gasteiger charge is -2.21. The zero-order valence-electron chi connectivity index (χ0n) is 19.1. The van der Waals surface area contributed by atoms with Crippen LogP contribution in [0.2, 0.25) is 10.0 Å². The monoisotopic (exact) mass is 488 g/mol. The average molecular weight is 489 g/mol. The first-order chi connectivity index (χ1) is 15.7. The number of rotatable bonds is 5. The van der Waals surface area contributed by atoms with Gasteiger partial charge in [0.1, 0.15) is 0 Å². The van der Waals surface area contributed by atoms with Crippen LogP contribution in [-0.2, 0) is 19.1 Å². The summed E-state index contributed by atoms with van der Waals surface area (Å²) in [5, 5.41) is 1.13. The molecule has 1 saturated heterocycles. The number of halogens is 2. The average Bonchev–Trinajstić information content (AvgIpc) is 3.45. The van der Waals surface area contributed by atoms with Gasteiger partial charge in [0.25, 0.3) is 5.91 Å². The SMILES string of the molecule is COC(=O)C1=C(C)N(C[C@@H]2CCCO2)C(=O)/C1=C\c1cc(C)n(-c2cc(Cl)ccc2Cl)c1C. The smallest absolute Gasteiger partial charge is 0.340 e. The standard InChI is InChI=1S/C25H26Cl2N2O4/c1-14-10-17(15(2)29(14)22-12-18(26)7-8-21(22)27)11-20-23(25(31)32-4)16(3)28(24(20)30)13-19-6-5-9-33-19/h7-8,10-12,19H,5-6,9,13H2,1-4H3/b20-11-/t19-/m0/s1. The highest BCUT2D eigenvalue weighted by Crippen LogP contribution is 2.35. The van der Waals surface area contributed by atoms with Crippen molar-refractivity contribution in [2.45, 2.75) is 39.7 Å². The minimum absolute atomic E-state index is 0.0304. The van der Waals surface area contributed by atoms with Crippen LogP contribution in [0.4, 0.5) is 0 Å². The van der Waals surface area contributed by atoms with Crippen LogP contribution >= 0.6 is 23.2 Å². The number of hydrogen-bond acceptors (Lipinski definition) is 4. The number of aryl methyl sites for hydroxylation is 1. The number of benzene rings is 1. The highest BCUT2D eigenvalue weighted by molar-refractivity contribution is 6.34. The lowest BCUT2D eigenvalue weighted by molar-refractivity contribution is -0.136. The van der Waals surface area contributed by atoms with E-state index in [1.54, 1.807) is 36.1 Å². The van der Waals surface area contributed by atoms with Crippen molar-refractivity contribution in [3.05, 3.63) is 68.1 Å². The third-order valence-electron chi connectivity index (χ3n) is 6.23. The Kier molecular flexibility index (Phi) is 6.71. The lowest BCUT2D eigenvalue weighted by atomic mass is 10.0. The number of allylic oxidation sites excluding steroid dienone is 1. The fourth-order valence-electron chi connectivity index (χ4n) is 4.56. The number of hydrogen-bond donors (Lipinski definition) is 0. The van der Waals surface area contributed by atoms with E-state index in [9.17, 15) is 9.59 Å². The third-order valence-corrected chi connectivity index (χ3v) is 6.79. The van der Waals surface area contributed by atoms with Crippen molar-refractivity contribution in [1.29, 1.82) is 0 Å². The summed E-state index contributed by atoms with van der Waals surface area (Å²) in [6.07, 6.45) is 3.59. The molecule has 2 aromatic rings. The molecule has 174 valence electrons. The van der Waals surface area contributed by atoms with Gasteiger partial charge in [-0.2, -0.15) is 0 Å². The predicted molar refractivity (Wildman–Crippen MR) is 129 cm³/mol. The van der Waals surface area contributed by atoms with E-state index in [-0.39, 0.29) is 17.6 Å². The lowest BCUT2D eigenvalue weighted by Crippen LogP contribution is -2.33. The van der Waals surface area contributed by atoms with Crippen molar-refractivity contribution in [1.82, 2.24) is 9.47 Å². The van der Waals surface area contributed by atoms with Gasteiger partial charge >= 0.3 is 5.97 Å². The number of carbonyl (C=O) groups excluding carboxylic acids is 2. The molecule has 1 amide bonds. The topological polar surface area (TPSA) is 60.8 Å². The summed E-state index contributed by atoms with van der Waals surface area (Å²) in [5.41, 5.74) is 4.53. The summed E-state index contributed by atoms with van der Waals surface area (Å²) in [5.74, 6) is -0.761. The van der Waals surface area contributed by atoms with Crippen LogP contribution in [0, 0.1) is 13.8 Å². The van der Waals surface area contributed by atoms with E-state index in [2.05, 4.69) is 0 Å². The quantitative estimate of drug-likeness (QED) is 0.425. The molecule has 1 atom stereocenters. The summed E-state index contributed by atoms with van der Waals surface area (Å²) < 4.78 is 12.7. The highest BCUT2D eigenvalue weighted by atomic mass is 35.5. The second-order valence-electron chi connectivity index (χ2n) is 8.32. The van der Waals surface area contributed by atoms with Crippen LogP contribution in [0.5, 0.6) is 0 Å². The Hall–Kier alpha value is -2.54. The first-order valence-electron chi connectivity index (χ1n) is 10.8. The molecule has 1 aromatic carbocycles. The Balaban J connectivity index is 1.78. The maximum absolute atomic E-state index is 13.4. The van der Waals surface area contributed by atoms with E-state index in [1.807, 2.05) is 24.5 Å². The van der Waals surface area contributed by atoms with E-state index in [0.29, 0.717) is 34.5 Å². The predicted octanol–water partition coefficient (Wildman–Crippen LogP) is 5.25. The zero-order chi connectivity index (χ0) is 23.9. The molecule has 2 aliphatic heterocycles. The fourth-order valence-corrected chi connectivity index (χ4v) is 4.93. The van der Waals surface area contributed by atoms with Gasteiger partial charge in [0.05, 0.1) is 41.6 Å². The van der Waals surface area contributed by atoms with Gasteiger partial charge in [0, 0.05) is 28.7 Å². The van der Waals surface area contributed by atoms with Gasteiger partial charge in [-0.15, -0.1) is 0 Å². The molecule has 0 N–H and O–H groups in total. The Bertz CT molecular complexity index is 1190. The minimum atomic E-state index is -0.534. The largest absolute Gasteiger partial charge is 0.465 e. The summed E-state index contributed by atoms with van der Waals surface area (Å²) in [7, 11) is 1.32. The first kappa shape index (κ1) is 23.6. The molecule has 33 heavy (non-hydrogen) atoms. The van der Waals surface area contributed by atoms with E-state index < -0.39 is 5.97 Å². The fraction of sp³-hybridized carbons (Fsp3) is 0.360. The number of ether oxygens (including phenoxy) is 2. The van der Waals surface area contributed by atoms with Crippen LogP contribution < -0.4 is 0 Å². The van der Waals surface area contributed by atoms with Gasteiger partial charge in [-0.1, -0.05) is 23.2 Å². The van der Waals surface area contributed by atoms with Crippen LogP contribution in [0.25, 0.3) is 11.8 Å². The van der Waals surface area contributed by atoms with Gasteiger partial charge in [-0.25, -0.2) is 4.79 Å². The molecule has 3 heterocycles. The molecular formula is C25H26Cl2N2O4. The molecule has 1 fully saturated rings. The number of methoxy groups -OCH3 is 1. The molecule has 1 aromatic heterocycles. The number of carbonyl (C=O) groups is 2. The summed E-state index contributed by atoms with van der Waals surface area (Å²) >= 11 is 12.6. The highest BCUT2D eigenvalue weighted by Gasteiger charge is 2.38. The molecular weight excluding hydrogens is 463 g/mol. The molecule has 0 unspecified atom stereocenters. The number of esters is 1. The van der Waals surface area contributed by atoms with Crippen molar-refractivity contribution < 1.29 is 19.1 Å². The molecule has 0 radical (unpaired) electrons. The van der Waals surface area contributed by atoms with E-state index in [4.69, 9.17) is 32.7 Å². The minimum Gasteiger partial charge on any atom is -0.465 e. The van der Waals surface area contributed by atoms with Crippen LogP contribution in [0.15, 0.2) is 41.1 Å². The number of nitrogens with zero attached hydrogens (tertiary/aromatic N) is 2. The van der Waals surface area contributed by atoms with Gasteiger partial charge in [-0.05, 0) is 69.5 Å².